The summed E-state index contributed by atoms with van der Waals surface area (Å²) in [6, 6.07) is 9.48. The van der Waals surface area contributed by atoms with Crippen molar-refractivity contribution in [1.82, 2.24) is 5.32 Å². The molecule has 2 amide bonds. The zero-order chi connectivity index (χ0) is 17.0. The Balaban J connectivity index is 1.93. The van der Waals surface area contributed by atoms with Crippen molar-refractivity contribution in [1.29, 1.82) is 0 Å². The molecule has 0 aromatic heterocycles. The van der Waals surface area contributed by atoms with Gasteiger partial charge in [-0.2, -0.15) is 0 Å². The number of halogens is 1. The zero-order valence-corrected chi connectivity index (χ0v) is 13.4. The van der Waals surface area contributed by atoms with E-state index in [2.05, 4.69) is 10.6 Å². The van der Waals surface area contributed by atoms with Crippen LogP contribution in [0.4, 0.5) is 10.1 Å². The summed E-state index contributed by atoms with van der Waals surface area (Å²) in [6.45, 7) is 5.44. The molecule has 23 heavy (non-hydrogen) atoms. The van der Waals surface area contributed by atoms with Crippen molar-refractivity contribution < 1.29 is 14.0 Å². The molecule has 0 aliphatic heterocycles. The second-order valence-corrected chi connectivity index (χ2v) is 5.49. The van der Waals surface area contributed by atoms with Gasteiger partial charge in [-0.3, -0.25) is 9.59 Å². The van der Waals surface area contributed by atoms with E-state index in [-0.39, 0.29) is 24.2 Å². The minimum Gasteiger partial charge on any atom is -0.343 e. The lowest BCUT2D eigenvalue weighted by molar-refractivity contribution is -0.115. The summed E-state index contributed by atoms with van der Waals surface area (Å²) in [5.41, 5.74) is 3.78. The largest absolute Gasteiger partial charge is 0.343 e. The lowest BCUT2D eigenvalue weighted by atomic mass is 10.1. The number of hydrogen-bond donors (Lipinski definition) is 2. The van der Waals surface area contributed by atoms with Crippen LogP contribution in [0.5, 0.6) is 0 Å². The third kappa shape index (κ3) is 4.39. The Morgan fingerprint density at radius 2 is 1.70 bits per heavy atom. The predicted octanol–water partition coefficient (Wildman–Crippen LogP) is 3.12. The van der Waals surface area contributed by atoms with Gasteiger partial charge < -0.3 is 10.6 Å². The molecule has 0 fully saturated rings. The predicted molar refractivity (Wildman–Crippen MR) is 88.0 cm³/mol. The molecule has 5 heteroatoms. The number of amides is 2. The highest BCUT2D eigenvalue weighted by Crippen LogP contribution is 2.15. The molecule has 4 nitrogen and oxygen atoms in total. The fraction of sp³-hybridized carbons (Fsp3) is 0.222. The molecule has 2 N–H and O–H groups in total. The van der Waals surface area contributed by atoms with E-state index in [0.29, 0.717) is 16.8 Å². The third-order valence-electron chi connectivity index (χ3n) is 3.64. The number of rotatable bonds is 4. The average molecular weight is 314 g/mol. The molecule has 0 aliphatic rings. The van der Waals surface area contributed by atoms with E-state index in [0.717, 1.165) is 11.1 Å². The van der Waals surface area contributed by atoms with Gasteiger partial charge in [0.25, 0.3) is 5.91 Å². The van der Waals surface area contributed by atoms with E-state index >= 15 is 0 Å². The van der Waals surface area contributed by atoms with Crippen LogP contribution in [0.25, 0.3) is 0 Å². The Hall–Kier alpha value is -2.69. The molecular weight excluding hydrogens is 295 g/mol. The maximum absolute atomic E-state index is 13.0. The molecule has 120 valence electrons. The number of carbonyl (C=O) groups excluding carboxylic acids is 2. The van der Waals surface area contributed by atoms with Gasteiger partial charge in [0.2, 0.25) is 5.91 Å². The number of carbonyl (C=O) groups is 2. The third-order valence-corrected chi connectivity index (χ3v) is 3.64. The van der Waals surface area contributed by atoms with E-state index in [4.69, 9.17) is 0 Å². The quantitative estimate of drug-likeness (QED) is 0.911. The summed E-state index contributed by atoms with van der Waals surface area (Å²) in [7, 11) is 0. The lowest BCUT2D eigenvalue weighted by Crippen LogP contribution is -2.33. The summed E-state index contributed by atoms with van der Waals surface area (Å²) >= 11 is 0. The molecule has 0 spiro atoms. The summed E-state index contributed by atoms with van der Waals surface area (Å²) in [5.74, 6) is -1.03. The second kappa shape index (κ2) is 7.05. The van der Waals surface area contributed by atoms with Crippen LogP contribution in [-0.4, -0.2) is 18.4 Å². The van der Waals surface area contributed by atoms with Crippen LogP contribution < -0.4 is 10.6 Å². The monoisotopic (exact) mass is 314 g/mol. The molecule has 0 saturated heterocycles. The van der Waals surface area contributed by atoms with Gasteiger partial charge in [-0.05, 0) is 67.8 Å². The molecule has 0 heterocycles. The van der Waals surface area contributed by atoms with Crippen LogP contribution in [0.2, 0.25) is 0 Å². The van der Waals surface area contributed by atoms with Gasteiger partial charge in [0.1, 0.15) is 5.82 Å². The first kappa shape index (κ1) is 16.7. The summed E-state index contributed by atoms with van der Waals surface area (Å²) < 4.78 is 13.0. The molecule has 2 aromatic carbocycles. The maximum Gasteiger partial charge on any atom is 0.251 e. The molecular formula is C18H19FN2O2. The van der Waals surface area contributed by atoms with Crippen molar-refractivity contribution in [2.24, 2.45) is 0 Å². The first-order valence-electron chi connectivity index (χ1n) is 7.28. The van der Waals surface area contributed by atoms with Gasteiger partial charge in [-0.1, -0.05) is 6.07 Å². The van der Waals surface area contributed by atoms with E-state index < -0.39 is 0 Å². The topological polar surface area (TPSA) is 58.2 Å². The smallest absolute Gasteiger partial charge is 0.251 e. The van der Waals surface area contributed by atoms with Gasteiger partial charge >= 0.3 is 0 Å². The Bertz CT molecular complexity index is 757. The summed E-state index contributed by atoms with van der Waals surface area (Å²) in [4.78, 5) is 23.9. The molecule has 0 saturated carbocycles. The van der Waals surface area contributed by atoms with Crippen molar-refractivity contribution in [3.8, 4) is 0 Å². The first-order chi connectivity index (χ1) is 10.9. The second-order valence-electron chi connectivity index (χ2n) is 5.49. The fourth-order valence-electron chi connectivity index (χ4n) is 2.11. The molecule has 0 unspecified atom stereocenters. The maximum atomic E-state index is 13.0. The van der Waals surface area contributed by atoms with Crippen LogP contribution >= 0.6 is 0 Å². The van der Waals surface area contributed by atoms with Crippen molar-refractivity contribution >= 4 is 17.5 Å². The van der Waals surface area contributed by atoms with Crippen molar-refractivity contribution in [3.05, 3.63) is 64.5 Å². The highest BCUT2D eigenvalue weighted by atomic mass is 19.1. The Morgan fingerprint density at radius 3 is 2.35 bits per heavy atom. The minimum absolute atomic E-state index is 0.150. The highest BCUT2D eigenvalue weighted by Gasteiger charge is 2.10. The highest BCUT2D eigenvalue weighted by molar-refractivity contribution is 5.99. The summed E-state index contributed by atoms with van der Waals surface area (Å²) in [5, 5.41) is 5.22. The van der Waals surface area contributed by atoms with Gasteiger partial charge in [0.05, 0.1) is 6.54 Å². The van der Waals surface area contributed by atoms with Gasteiger partial charge in [0, 0.05) is 11.3 Å². The average Bonchev–Trinajstić information content (AvgIpc) is 2.50. The SMILES string of the molecule is Cc1ccc(C(=O)NCC(=O)Nc2ccc(F)cc2C)cc1C. The molecule has 0 atom stereocenters. The molecule has 0 radical (unpaired) electrons. The van der Waals surface area contributed by atoms with Gasteiger partial charge in [0.15, 0.2) is 0 Å². The Labute approximate surface area is 134 Å². The minimum atomic E-state index is -0.364. The molecule has 0 aliphatic carbocycles. The normalized spacial score (nSPS) is 10.3. The zero-order valence-electron chi connectivity index (χ0n) is 13.4. The van der Waals surface area contributed by atoms with Crippen LogP contribution in [-0.2, 0) is 4.79 Å². The van der Waals surface area contributed by atoms with Crippen molar-refractivity contribution in [2.75, 3.05) is 11.9 Å². The molecule has 0 bridgehead atoms. The van der Waals surface area contributed by atoms with Crippen molar-refractivity contribution in [2.45, 2.75) is 20.8 Å². The van der Waals surface area contributed by atoms with E-state index in [1.54, 1.807) is 19.1 Å². The lowest BCUT2D eigenvalue weighted by Gasteiger charge is -2.10. The fourth-order valence-corrected chi connectivity index (χ4v) is 2.11. The van der Waals surface area contributed by atoms with Crippen LogP contribution in [0, 0.1) is 26.6 Å². The van der Waals surface area contributed by atoms with Gasteiger partial charge in [-0.15, -0.1) is 0 Å². The molecule has 2 rings (SSSR count). The van der Waals surface area contributed by atoms with Gasteiger partial charge in [-0.25, -0.2) is 4.39 Å². The van der Waals surface area contributed by atoms with Crippen LogP contribution in [0.3, 0.4) is 0 Å². The first-order valence-corrected chi connectivity index (χ1v) is 7.28. The number of hydrogen-bond acceptors (Lipinski definition) is 2. The Morgan fingerprint density at radius 1 is 0.957 bits per heavy atom. The number of benzene rings is 2. The number of aryl methyl sites for hydroxylation is 3. The van der Waals surface area contributed by atoms with Crippen LogP contribution in [0.15, 0.2) is 36.4 Å². The molecule has 2 aromatic rings. The number of anilines is 1. The summed E-state index contributed by atoms with van der Waals surface area (Å²) in [6.07, 6.45) is 0. The van der Waals surface area contributed by atoms with E-state index in [1.807, 2.05) is 19.9 Å². The van der Waals surface area contributed by atoms with E-state index in [9.17, 15) is 14.0 Å². The van der Waals surface area contributed by atoms with E-state index in [1.165, 1.54) is 18.2 Å². The standard InChI is InChI=1S/C18H19FN2O2/c1-11-4-5-14(8-12(11)2)18(23)20-10-17(22)21-16-7-6-15(19)9-13(16)3/h4-9H,10H2,1-3H3,(H,20,23)(H,21,22). The van der Waals surface area contributed by atoms with Crippen molar-refractivity contribution in [3.63, 3.8) is 0 Å². The van der Waals surface area contributed by atoms with Crippen LogP contribution in [0.1, 0.15) is 27.0 Å². The number of nitrogens with one attached hydrogen (secondary N) is 2. The Kier molecular flexibility index (Phi) is 5.11.